The lowest BCUT2D eigenvalue weighted by molar-refractivity contribution is 0.410. The van der Waals surface area contributed by atoms with Crippen LogP contribution in [0.5, 0.6) is 0 Å². The maximum atomic E-state index is 5.31. The largest absolute Gasteiger partial charge is 0.463 e. The highest BCUT2D eigenvalue weighted by Gasteiger charge is 2.12. The third-order valence-corrected chi connectivity index (χ3v) is 2.09. The second-order valence-electron chi connectivity index (χ2n) is 4.88. The van der Waals surface area contributed by atoms with E-state index in [-0.39, 0.29) is 0 Å². The summed E-state index contributed by atoms with van der Waals surface area (Å²) in [7, 11) is 0. The van der Waals surface area contributed by atoms with Gasteiger partial charge in [-0.05, 0) is 23.5 Å². The molecule has 2 heterocycles. The molecule has 14 heavy (non-hydrogen) atoms. The Kier molecular flexibility index (Phi) is 2.06. The maximum Gasteiger partial charge on any atom is 0.152 e. The number of fused-ring (bicyclic) bond motifs is 1. The summed E-state index contributed by atoms with van der Waals surface area (Å²) in [6.45, 7) is 6.66. The van der Waals surface area contributed by atoms with E-state index in [0.717, 1.165) is 17.5 Å². The Bertz CT molecular complexity index is 437. The van der Waals surface area contributed by atoms with Crippen LogP contribution in [0, 0.1) is 5.41 Å². The van der Waals surface area contributed by atoms with E-state index >= 15 is 0 Å². The molecule has 0 saturated heterocycles. The number of hydrogen-bond donors (Lipinski definition) is 0. The van der Waals surface area contributed by atoms with Crippen LogP contribution in [0.3, 0.4) is 0 Å². The molecule has 0 aromatic carbocycles. The van der Waals surface area contributed by atoms with Gasteiger partial charge in [0.1, 0.15) is 5.52 Å². The zero-order chi connectivity index (χ0) is 10.2. The van der Waals surface area contributed by atoms with Gasteiger partial charge in [-0.25, -0.2) is 0 Å². The molecule has 0 N–H and O–H groups in total. The van der Waals surface area contributed by atoms with Gasteiger partial charge in [-0.15, -0.1) is 0 Å². The number of hydrogen-bond acceptors (Lipinski definition) is 2. The molecule has 0 bridgehead atoms. The minimum atomic E-state index is 0.294. The first-order chi connectivity index (χ1) is 6.54. The fraction of sp³-hybridized carbons (Fsp3) is 0.417. The predicted molar refractivity (Wildman–Crippen MR) is 57.2 cm³/mol. The van der Waals surface area contributed by atoms with Gasteiger partial charge in [0.05, 0.1) is 6.26 Å². The van der Waals surface area contributed by atoms with Crippen molar-refractivity contribution in [2.24, 2.45) is 5.41 Å². The van der Waals surface area contributed by atoms with Crippen molar-refractivity contribution in [2.45, 2.75) is 27.2 Å². The number of aromatic nitrogens is 1. The Labute approximate surface area is 84.0 Å². The first-order valence-electron chi connectivity index (χ1n) is 4.87. The molecule has 2 nitrogen and oxygen atoms in total. The van der Waals surface area contributed by atoms with Gasteiger partial charge in [-0.2, -0.15) is 0 Å². The zero-order valence-electron chi connectivity index (χ0n) is 8.87. The zero-order valence-corrected chi connectivity index (χ0v) is 8.87. The number of furan rings is 1. The van der Waals surface area contributed by atoms with Crippen molar-refractivity contribution < 1.29 is 4.42 Å². The van der Waals surface area contributed by atoms with Gasteiger partial charge in [-0.3, -0.25) is 4.98 Å². The van der Waals surface area contributed by atoms with Crippen LogP contribution in [0.15, 0.2) is 29.0 Å². The summed E-state index contributed by atoms with van der Waals surface area (Å²) in [5.74, 6) is 0. The molecule has 2 heteroatoms. The molecule has 2 rings (SSSR count). The number of nitrogens with zero attached hydrogens (tertiary/aromatic N) is 1. The van der Waals surface area contributed by atoms with Crippen molar-refractivity contribution in [3.05, 3.63) is 30.2 Å². The SMILES string of the molecule is CC(C)(C)Cc1cnc2ccoc2c1. The number of rotatable bonds is 1. The van der Waals surface area contributed by atoms with Gasteiger partial charge >= 0.3 is 0 Å². The van der Waals surface area contributed by atoms with Crippen LogP contribution in [-0.2, 0) is 6.42 Å². The third kappa shape index (κ3) is 1.95. The molecule has 0 radical (unpaired) electrons. The van der Waals surface area contributed by atoms with Crippen molar-refractivity contribution in [1.29, 1.82) is 0 Å². The van der Waals surface area contributed by atoms with Crippen molar-refractivity contribution in [3.8, 4) is 0 Å². The lowest BCUT2D eigenvalue weighted by atomic mass is 9.89. The van der Waals surface area contributed by atoms with E-state index in [9.17, 15) is 0 Å². The minimum absolute atomic E-state index is 0.294. The van der Waals surface area contributed by atoms with Crippen LogP contribution in [0.25, 0.3) is 11.1 Å². The van der Waals surface area contributed by atoms with Crippen LogP contribution in [0.1, 0.15) is 26.3 Å². The molecule has 2 aromatic heterocycles. The minimum Gasteiger partial charge on any atom is -0.463 e. The molecule has 0 fully saturated rings. The summed E-state index contributed by atoms with van der Waals surface area (Å²) in [5, 5.41) is 0. The highest BCUT2D eigenvalue weighted by Crippen LogP contribution is 2.22. The molecule has 0 aliphatic rings. The molecule has 74 valence electrons. The van der Waals surface area contributed by atoms with Gasteiger partial charge in [0, 0.05) is 12.3 Å². The molecular weight excluding hydrogens is 174 g/mol. The Hall–Kier alpha value is -1.31. The van der Waals surface area contributed by atoms with Crippen LogP contribution in [-0.4, -0.2) is 4.98 Å². The molecule has 0 aliphatic heterocycles. The Morgan fingerprint density at radius 1 is 1.36 bits per heavy atom. The molecule has 0 atom stereocenters. The summed E-state index contributed by atoms with van der Waals surface area (Å²) < 4.78 is 5.31. The van der Waals surface area contributed by atoms with E-state index in [1.165, 1.54) is 5.56 Å². The van der Waals surface area contributed by atoms with Crippen molar-refractivity contribution in [1.82, 2.24) is 4.98 Å². The molecule has 2 aromatic rings. The second-order valence-corrected chi connectivity index (χ2v) is 4.88. The van der Waals surface area contributed by atoms with Gasteiger partial charge in [0.25, 0.3) is 0 Å². The summed E-state index contributed by atoms with van der Waals surface area (Å²) in [6, 6.07) is 3.96. The fourth-order valence-electron chi connectivity index (χ4n) is 1.60. The maximum absolute atomic E-state index is 5.31. The van der Waals surface area contributed by atoms with Crippen LogP contribution >= 0.6 is 0 Å². The van der Waals surface area contributed by atoms with Gasteiger partial charge in [-0.1, -0.05) is 20.8 Å². The standard InChI is InChI=1S/C12H15NO/c1-12(2,3)7-9-6-11-10(13-8-9)4-5-14-11/h4-6,8H,7H2,1-3H3. The second kappa shape index (κ2) is 3.12. The summed E-state index contributed by atoms with van der Waals surface area (Å²) in [5.41, 5.74) is 3.34. The number of pyridine rings is 1. The van der Waals surface area contributed by atoms with E-state index in [1.807, 2.05) is 12.3 Å². The molecule has 0 spiro atoms. The Morgan fingerprint density at radius 3 is 2.86 bits per heavy atom. The Morgan fingerprint density at radius 2 is 2.14 bits per heavy atom. The highest BCUT2D eigenvalue weighted by molar-refractivity contribution is 5.72. The smallest absolute Gasteiger partial charge is 0.152 e. The van der Waals surface area contributed by atoms with Gasteiger partial charge < -0.3 is 4.42 Å². The van der Waals surface area contributed by atoms with Crippen LogP contribution in [0.4, 0.5) is 0 Å². The average molecular weight is 189 g/mol. The van der Waals surface area contributed by atoms with Crippen LogP contribution < -0.4 is 0 Å². The topological polar surface area (TPSA) is 26.0 Å². The van der Waals surface area contributed by atoms with Crippen molar-refractivity contribution in [3.63, 3.8) is 0 Å². The third-order valence-electron chi connectivity index (χ3n) is 2.09. The van der Waals surface area contributed by atoms with E-state index in [4.69, 9.17) is 4.42 Å². The van der Waals surface area contributed by atoms with E-state index in [0.29, 0.717) is 5.41 Å². The highest BCUT2D eigenvalue weighted by atomic mass is 16.3. The Balaban J connectivity index is 2.35. The molecule has 0 unspecified atom stereocenters. The van der Waals surface area contributed by atoms with Crippen molar-refractivity contribution in [2.75, 3.05) is 0 Å². The van der Waals surface area contributed by atoms with E-state index in [2.05, 4.69) is 31.8 Å². The molecule has 0 amide bonds. The lowest BCUT2D eigenvalue weighted by Gasteiger charge is -2.17. The lowest BCUT2D eigenvalue weighted by Crippen LogP contribution is -2.09. The van der Waals surface area contributed by atoms with E-state index < -0.39 is 0 Å². The van der Waals surface area contributed by atoms with Gasteiger partial charge in [0.15, 0.2) is 5.58 Å². The quantitative estimate of drug-likeness (QED) is 0.687. The fourth-order valence-corrected chi connectivity index (χ4v) is 1.60. The molecule has 0 saturated carbocycles. The normalized spacial score (nSPS) is 12.2. The first kappa shape index (κ1) is 9.25. The molecular formula is C12H15NO. The predicted octanol–water partition coefficient (Wildman–Crippen LogP) is 3.42. The van der Waals surface area contributed by atoms with Crippen molar-refractivity contribution >= 4 is 11.1 Å². The van der Waals surface area contributed by atoms with Gasteiger partial charge in [0.2, 0.25) is 0 Å². The first-order valence-corrected chi connectivity index (χ1v) is 4.87. The summed E-state index contributed by atoms with van der Waals surface area (Å²) in [6.07, 6.45) is 4.64. The summed E-state index contributed by atoms with van der Waals surface area (Å²) in [4.78, 5) is 4.33. The monoisotopic (exact) mass is 189 g/mol. The van der Waals surface area contributed by atoms with Crippen LogP contribution in [0.2, 0.25) is 0 Å². The average Bonchev–Trinajstić information content (AvgIpc) is 2.47. The van der Waals surface area contributed by atoms with E-state index in [1.54, 1.807) is 6.26 Å². The summed E-state index contributed by atoms with van der Waals surface area (Å²) >= 11 is 0. The molecule has 0 aliphatic carbocycles.